The lowest BCUT2D eigenvalue weighted by Crippen LogP contribution is -2.37. The molecule has 2 aromatic rings. The zero-order valence-electron chi connectivity index (χ0n) is 16.1. The summed E-state index contributed by atoms with van der Waals surface area (Å²) in [4.78, 5) is 52.7. The lowest BCUT2D eigenvalue weighted by Gasteiger charge is -2.26. The van der Waals surface area contributed by atoms with Crippen molar-refractivity contribution < 1.29 is 28.7 Å². The molecule has 1 saturated heterocycles. The quantitative estimate of drug-likeness (QED) is 0.439. The maximum atomic E-state index is 13.2. The Morgan fingerprint density at radius 1 is 0.931 bits per heavy atom. The van der Waals surface area contributed by atoms with E-state index in [0.717, 1.165) is 4.90 Å². The minimum Gasteiger partial charge on any atom is -0.469 e. The Hall–Kier alpha value is -3.48. The van der Waals surface area contributed by atoms with Crippen LogP contribution in [0.4, 0.5) is 0 Å². The van der Waals surface area contributed by atoms with Gasteiger partial charge in [0, 0.05) is 5.56 Å². The molecule has 0 bridgehead atoms. The third-order valence-corrected chi connectivity index (χ3v) is 4.88. The summed E-state index contributed by atoms with van der Waals surface area (Å²) in [7, 11) is 1.18. The van der Waals surface area contributed by atoms with E-state index in [0.29, 0.717) is 5.56 Å². The molecule has 0 spiro atoms. The molecule has 0 aromatic heterocycles. The second-order valence-corrected chi connectivity index (χ2v) is 6.51. The Kier molecular flexibility index (Phi) is 6.07. The molecule has 7 nitrogen and oxygen atoms in total. The van der Waals surface area contributed by atoms with Crippen LogP contribution in [0.2, 0.25) is 0 Å². The van der Waals surface area contributed by atoms with Gasteiger partial charge < -0.3 is 9.47 Å². The van der Waals surface area contributed by atoms with Crippen molar-refractivity contribution in [2.24, 2.45) is 11.8 Å². The van der Waals surface area contributed by atoms with Crippen LogP contribution >= 0.6 is 0 Å². The van der Waals surface area contributed by atoms with Crippen LogP contribution in [0, 0.1) is 11.8 Å². The van der Waals surface area contributed by atoms with Crippen LogP contribution in [-0.4, -0.2) is 42.4 Å². The van der Waals surface area contributed by atoms with Gasteiger partial charge in [-0.3, -0.25) is 24.1 Å². The van der Waals surface area contributed by atoms with Gasteiger partial charge in [0.05, 0.1) is 19.8 Å². The van der Waals surface area contributed by atoms with E-state index in [4.69, 9.17) is 9.47 Å². The van der Waals surface area contributed by atoms with Crippen molar-refractivity contribution in [2.75, 3.05) is 13.7 Å². The van der Waals surface area contributed by atoms with Crippen LogP contribution in [0.1, 0.15) is 28.9 Å². The summed E-state index contributed by atoms with van der Waals surface area (Å²) in [6.45, 7) is 1.64. The fourth-order valence-electron chi connectivity index (χ4n) is 3.62. The predicted molar refractivity (Wildman–Crippen MR) is 102 cm³/mol. The summed E-state index contributed by atoms with van der Waals surface area (Å²) in [5.41, 5.74) is 0.822. The molecule has 0 radical (unpaired) electrons. The Morgan fingerprint density at radius 2 is 1.52 bits per heavy atom. The van der Waals surface area contributed by atoms with E-state index >= 15 is 0 Å². The van der Waals surface area contributed by atoms with Gasteiger partial charge in [0.2, 0.25) is 5.91 Å². The molecule has 1 aliphatic rings. The van der Waals surface area contributed by atoms with E-state index in [9.17, 15) is 19.2 Å². The zero-order chi connectivity index (χ0) is 21.0. The maximum Gasteiger partial charge on any atom is 0.319 e. The van der Waals surface area contributed by atoms with Crippen molar-refractivity contribution >= 4 is 23.8 Å². The first-order chi connectivity index (χ1) is 14.0. The molecular weight excluding hydrogens is 374 g/mol. The molecule has 1 aliphatic heterocycles. The first kappa shape index (κ1) is 20.3. The highest BCUT2D eigenvalue weighted by atomic mass is 16.5. The number of carbonyl (C=O) groups excluding carboxylic acids is 4. The van der Waals surface area contributed by atoms with E-state index in [1.807, 2.05) is 0 Å². The van der Waals surface area contributed by atoms with Crippen molar-refractivity contribution in [2.45, 2.75) is 13.0 Å². The van der Waals surface area contributed by atoms with Crippen molar-refractivity contribution in [1.29, 1.82) is 0 Å². The number of ether oxygens (including phenoxy) is 2. The number of likely N-dealkylation sites (tertiary alicyclic amines) is 1. The summed E-state index contributed by atoms with van der Waals surface area (Å²) in [6, 6.07) is 15.9. The van der Waals surface area contributed by atoms with Crippen LogP contribution in [0.3, 0.4) is 0 Å². The molecule has 150 valence electrons. The van der Waals surface area contributed by atoms with E-state index in [1.54, 1.807) is 67.6 Å². The summed E-state index contributed by atoms with van der Waals surface area (Å²) < 4.78 is 9.92. The van der Waals surface area contributed by atoms with Crippen LogP contribution in [0.5, 0.6) is 0 Å². The summed E-state index contributed by atoms with van der Waals surface area (Å²) in [6.07, 6.45) is 0. The van der Waals surface area contributed by atoms with E-state index in [1.165, 1.54) is 7.11 Å². The summed E-state index contributed by atoms with van der Waals surface area (Å²) in [5, 5.41) is 0. The fraction of sp³-hybridized carbons (Fsp3) is 0.273. The first-order valence-electron chi connectivity index (χ1n) is 9.23. The normalized spacial score (nSPS) is 21.0. The number of methoxy groups -OCH3 is 1. The lowest BCUT2D eigenvalue weighted by atomic mass is 9.86. The smallest absolute Gasteiger partial charge is 0.319 e. The molecule has 2 amide bonds. The van der Waals surface area contributed by atoms with Crippen LogP contribution in [0.15, 0.2) is 60.7 Å². The van der Waals surface area contributed by atoms with E-state index in [-0.39, 0.29) is 12.2 Å². The number of benzene rings is 2. The molecule has 1 unspecified atom stereocenters. The molecule has 3 rings (SSSR count). The predicted octanol–water partition coefficient (Wildman–Crippen LogP) is 2.38. The Morgan fingerprint density at radius 3 is 2.07 bits per heavy atom. The largest absolute Gasteiger partial charge is 0.469 e. The second kappa shape index (κ2) is 8.68. The number of nitrogens with zero attached hydrogens (tertiary/aromatic N) is 1. The highest BCUT2D eigenvalue weighted by molar-refractivity contribution is 6.14. The topological polar surface area (TPSA) is 90.0 Å². The standard InChI is InChI=1S/C22H21NO6/c1-3-29-22(27)17-16(21(26)28-2)18(14-10-6-4-7-11-14)23(20(17)25)19(24)15-12-8-5-9-13-15/h4-13,16-18H,3H2,1-2H3/t16-,17-,18?/m1/s1. The van der Waals surface area contributed by atoms with Crippen molar-refractivity contribution in [3.8, 4) is 0 Å². The highest BCUT2D eigenvalue weighted by Gasteiger charge is 2.58. The monoisotopic (exact) mass is 395 g/mol. The molecule has 7 heteroatoms. The number of esters is 2. The third kappa shape index (κ3) is 3.76. The molecular formula is C22H21NO6. The highest BCUT2D eigenvalue weighted by Crippen LogP contribution is 2.43. The van der Waals surface area contributed by atoms with Gasteiger partial charge in [0.1, 0.15) is 5.92 Å². The zero-order valence-corrected chi connectivity index (χ0v) is 16.1. The molecule has 0 N–H and O–H groups in total. The molecule has 1 fully saturated rings. The van der Waals surface area contributed by atoms with E-state index < -0.39 is 41.6 Å². The number of imide groups is 1. The summed E-state index contributed by atoms with van der Waals surface area (Å²) >= 11 is 0. The third-order valence-electron chi connectivity index (χ3n) is 4.88. The van der Waals surface area contributed by atoms with Gasteiger partial charge in [-0.25, -0.2) is 0 Å². The molecule has 0 saturated carbocycles. The first-order valence-corrected chi connectivity index (χ1v) is 9.23. The number of hydrogen-bond acceptors (Lipinski definition) is 6. The average Bonchev–Trinajstić information content (AvgIpc) is 3.07. The second-order valence-electron chi connectivity index (χ2n) is 6.51. The van der Waals surface area contributed by atoms with Crippen LogP contribution in [-0.2, 0) is 23.9 Å². The van der Waals surface area contributed by atoms with E-state index in [2.05, 4.69) is 0 Å². The average molecular weight is 395 g/mol. The van der Waals surface area contributed by atoms with Crippen molar-refractivity contribution in [3.05, 3.63) is 71.8 Å². The Labute approximate surface area is 168 Å². The lowest BCUT2D eigenvalue weighted by molar-refractivity contribution is -0.160. The summed E-state index contributed by atoms with van der Waals surface area (Å²) in [5.74, 6) is -5.64. The number of amides is 2. The molecule has 3 atom stereocenters. The van der Waals surface area contributed by atoms with Gasteiger partial charge in [-0.05, 0) is 24.6 Å². The number of hydrogen-bond donors (Lipinski definition) is 0. The SMILES string of the molecule is CCOC(=O)[C@H]1C(=O)N(C(=O)c2ccccc2)C(c2ccccc2)[C@@H]1C(=O)OC. The fourth-order valence-corrected chi connectivity index (χ4v) is 3.62. The number of carbonyl (C=O) groups is 4. The molecule has 0 aliphatic carbocycles. The van der Waals surface area contributed by atoms with Crippen molar-refractivity contribution in [1.82, 2.24) is 4.90 Å². The number of rotatable bonds is 5. The van der Waals surface area contributed by atoms with Gasteiger partial charge >= 0.3 is 11.9 Å². The molecule has 29 heavy (non-hydrogen) atoms. The van der Waals surface area contributed by atoms with Gasteiger partial charge in [0.15, 0.2) is 5.92 Å². The van der Waals surface area contributed by atoms with Gasteiger partial charge in [0.25, 0.3) is 5.91 Å². The minimum atomic E-state index is -1.46. The molecule has 1 heterocycles. The van der Waals surface area contributed by atoms with Gasteiger partial charge in [-0.1, -0.05) is 48.5 Å². The maximum absolute atomic E-state index is 13.2. The minimum absolute atomic E-state index is 0.0408. The molecule has 2 aromatic carbocycles. The Bertz CT molecular complexity index is 911. The van der Waals surface area contributed by atoms with Gasteiger partial charge in [-0.2, -0.15) is 0 Å². The van der Waals surface area contributed by atoms with Crippen molar-refractivity contribution in [3.63, 3.8) is 0 Å². The van der Waals surface area contributed by atoms with Crippen LogP contribution < -0.4 is 0 Å². The Balaban J connectivity index is 2.15. The van der Waals surface area contributed by atoms with Gasteiger partial charge in [-0.15, -0.1) is 0 Å². The van der Waals surface area contributed by atoms with Crippen LogP contribution in [0.25, 0.3) is 0 Å².